The topological polar surface area (TPSA) is 66.5 Å². The van der Waals surface area contributed by atoms with Gasteiger partial charge in [0, 0.05) is 23.7 Å². The molecule has 190 valence electrons. The van der Waals surface area contributed by atoms with Gasteiger partial charge in [-0.2, -0.15) is 13.2 Å². The molecule has 2 amide bonds. The van der Waals surface area contributed by atoms with Crippen molar-refractivity contribution in [1.29, 1.82) is 0 Å². The first-order valence-electron chi connectivity index (χ1n) is 11.9. The van der Waals surface area contributed by atoms with Crippen molar-refractivity contribution in [2.75, 3.05) is 0 Å². The lowest BCUT2D eigenvalue weighted by Crippen LogP contribution is -2.67. The van der Waals surface area contributed by atoms with E-state index in [1.807, 2.05) is 19.2 Å². The highest BCUT2D eigenvalue weighted by atomic mass is 19.4. The molecule has 0 radical (unpaired) electrons. The molecule has 0 aromatic heterocycles. The largest absolute Gasteiger partial charge is 0.425 e. The van der Waals surface area contributed by atoms with E-state index >= 15 is 0 Å². The van der Waals surface area contributed by atoms with E-state index in [-0.39, 0.29) is 35.9 Å². The van der Waals surface area contributed by atoms with Crippen LogP contribution in [0.25, 0.3) is 0 Å². The minimum atomic E-state index is -5.27. The number of benzene rings is 1. The number of hydrogen-bond donors (Lipinski definition) is 1. The van der Waals surface area contributed by atoms with E-state index in [1.54, 1.807) is 13.8 Å². The van der Waals surface area contributed by atoms with Crippen LogP contribution in [0, 0.1) is 23.1 Å². The predicted octanol–water partition coefficient (Wildman–Crippen LogP) is 5.17. The van der Waals surface area contributed by atoms with Gasteiger partial charge < -0.3 is 10.2 Å². The van der Waals surface area contributed by atoms with Gasteiger partial charge in [-0.1, -0.05) is 40.5 Å². The van der Waals surface area contributed by atoms with Crippen LogP contribution in [0.5, 0.6) is 0 Å². The normalized spacial score (nSPS) is 31.0. The molecule has 0 unspecified atom stereocenters. The van der Waals surface area contributed by atoms with E-state index in [1.165, 1.54) is 4.90 Å². The van der Waals surface area contributed by atoms with Crippen molar-refractivity contribution in [3.63, 3.8) is 0 Å². The van der Waals surface area contributed by atoms with Gasteiger partial charge in [0.1, 0.15) is 5.82 Å². The fraction of sp³-hybridized carbons (Fsp3) is 0.577. The van der Waals surface area contributed by atoms with Gasteiger partial charge in [-0.15, -0.1) is 0 Å². The smallest absolute Gasteiger partial charge is 0.326 e. The molecule has 9 heteroatoms. The summed E-state index contributed by atoms with van der Waals surface area (Å²) >= 11 is 0. The monoisotopic (exact) mass is 494 g/mol. The van der Waals surface area contributed by atoms with E-state index in [9.17, 15) is 31.9 Å². The molecule has 0 bridgehead atoms. The number of nitrogens with one attached hydrogen (secondary N) is 1. The van der Waals surface area contributed by atoms with Crippen molar-refractivity contribution >= 4 is 17.6 Å². The second kappa shape index (κ2) is 8.45. The van der Waals surface area contributed by atoms with Crippen molar-refractivity contribution in [2.45, 2.75) is 77.6 Å². The first-order chi connectivity index (χ1) is 16.2. The Morgan fingerprint density at radius 1 is 1.06 bits per heavy atom. The second-order valence-electron chi connectivity index (χ2n) is 11.0. The molecular formula is C26H30F4N2O3. The zero-order valence-corrected chi connectivity index (χ0v) is 20.3. The molecule has 4 rings (SSSR count). The predicted molar refractivity (Wildman–Crippen MR) is 121 cm³/mol. The number of carbonyl (C=O) groups excluding carboxylic acids is 3. The third-order valence-corrected chi connectivity index (χ3v) is 7.89. The minimum absolute atomic E-state index is 0.0685. The Bertz CT molecular complexity index is 1090. The van der Waals surface area contributed by atoms with Crippen LogP contribution in [0.1, 0.15) is 70.2 Å². The summed E-state index contributed by atoms with van der Waals surface area (Å²) in [6, 6.07) is 3.46. The van der Waals surface area contributed by atoms with Gasteiger partial charge in [0.25, 0.3) is 11.8 Å². The van der Waals surface area contributed by atoms with Crippen LogP contribution in [0.15, 0.2) is 35.5 Å². The van der Waals surface area contributed by atoms with Crippen molar-refractivity contribution < 1.29 is 31.9 Å². The molecule has 1 N–H and O–H groups in total. The molecule has 0 saturated heterocycles. The fourth-order valence-electron chi connectivity index (χ4n) is 5.89. The summed E-state index contributed by atoms with van der Waals surface area (Å²) in [4.78, 5) is 41.4. The highest BCUT2D eigenvalue weighted by Gasteiger charge is 2.72. The molecule has 1 heterocycles. The van der Waals surface area contributed by atoms with Gasteiger partial charge in [-0.05, 0) is 54.4 Å². The summed E-state index contributed by atoms with van der Waals surface area (Å²) in [5.74, 6) is -3.88. The quantitative estimate of drug-likeness (QED) is 0.590. The van der Waals surface area contributed by atoms with Gasteiger partial charge in [0.15, 0.2) is 5.78 Å². The minimum Gasteiger partial charge on any atom is -0.326 e. The van der Waals surface area contributed by atoms with Crippen LogP contribution in [0.3, 0.4) is 0 Å². The van der Waals surface area contributed by atoms with Crippen LogP contribution >= 0.6 is 0 Å². The number of Topliss-reactive ketones (excluding diaryl/α,β-unsaturated/α-hetero) is 1. The molecule has 1 saturated carbocycles. The van der Waals surface area contributed by atoms with Gasteiger partial charge in [0.05, 0.1) is 5.57 Å². The Morgan fingerprint density at radius 2 is 1.69 bits per heavy atom. The number of nitrogens with zero attached hydrogens (tertiary/aromatic N) is 1. The fourth-order valence-corrected chi connectivity index (χ4v) is 5.89. The summed E-state index contributed by atoms with van der Waals surface area (Å²) in [6.07, 6.45) is -3.16. The molecule has 4 atom stereocenters. The number of carbonyl (C=O) groups is 3. The Balaban J connectivity index is 1.89. The maximum absolute atomic E-state index is 14.9. The van der Waals surface area contributed by atoms with Crippen molar-refractivity contribution in [3.05, 3.63) is 46.9 Å². The molecule has 1 aliphatic heterocycles. The molecule has 5 nitrogen and oxygen atoms in total. The first kappa shape index (κ1) is 25.4. The van der Waals surface area contributed by atoms with E-state index in [2.05, 4.69) is 0 Å². The number of allylic oxidation sites excluding steroid dienone is 1. The van der Waals surface area contributed by atoms with Gasteiger partial charge in [-0.3, -0.25) is 14.4 Å². The van der Waals surface area contributed by atoms with Crippen LogP contribution in [0.2, 0.25) is 0 Å². The van der Waals surface area contributed by atoms with E-state index in [0.717, 1.165) is 37.1 Å². The van der Waals surface area contributed by atoms with Gasteiger partial charge in [0.2, 0.25) is 5.54 Å². The average molecular weight is 495 g/mol. The Morgan fingerprint density at radius 3 is 2.29 bits per heavy atom. The molecular weight excluding hydrogens is 464 g/mol. The number of ketones is 1. The van der Waals surface area contributed by atoms with E-state index < -0.39 is 52.2 Å². The lowest BCUT2D eigenvalue weighted by Gasteiger charge is -2.43. The van der Waals surface area contributed by atoms with Crippen LogP contribution in [-0.2, 0) is 9.59 Å². The van der Waals surface area contributed by atoms with Gasteiger partial charge in [-0.25, -0.2) is 4.39 Å². The summed E-state index contributed by atoms with van der Waals surface area (Å²) in [5.41, 5.74) is -4.97. The molecule has 1 fully saturated rings. The van der Waals surface area contributed by atoms with E-state index in [0.29, 0.717) is 6.42 Å². The summed E-state index contributed by atoms with van der Waals surface area (Å²) in [6.45, 7) is 7.50. The number of hydrogen-bond acceptors (Lipinski definition) is 3. The lowest BCUT2D eigenvalue weighted by atomic mass is 9.72. The summed E-state index contributed by atoms with van der Waals surface area (Å²) < 4.78 is 58.2. The first-order valence-corrected chi connectivity index (χ1v) is 11.9. The van der Waals surface area contributed by atoms with Crippen LogP contribution in [-0.4, -0.2) is 40.3 Å². The maximum Gasteiger partial charge on any atom is 0.425 e. The van der Waals surface area contributed by atoms with Crippen LogP contribution < -0.4 is 5.32 Å². The molecule has 2 aliphatic carbocycles. The highest BCUT2D eigenvalue weighted by molar-refractivity contribution is 6.14. The average Bonchev–Trinajstić information content (AvgIpc) is 2.98. The molecule has 0 spiro atoms. The number of rotatable bonds is 3. The van der Waals surface area contributed by atoms with Crippen molar-refractivity contribution in [1.82, 2.24) is 10.2 Å². The standard InChI is InChI=1S/C26H30F4N2O3/c1-14-6-5-7-18(15(14)2)32-19-12-24(3,4)13-20(33)21(19)25(23(32)35,26(28,29)30)31-22(34)16-8-10-17(27)11-9-16/h8-11,14-15,18H,5-7,12-13H2,1-4H3,(H,31,34)/t14-,15+,18+,25-/m1/s1. The highest BCUT2D eigenvalue weighted by Crippen LogP contribution is 2.54. The Labute approximate surface area is 201 Å². The Hall–Kier alpha value is -2.71. The SMILES string of the molecule is C[C@H]1[C@H](C)CCC[C@@H]1N1C(=O)[C@@](NC(=O)c2ccc(F)cc2)(C(F)(F)F)C2=C1CC(C)(C)CC2=O. The molecule has 35 heavy (non-hydrogen) atoms. The summed E-state index contributed by atoms with van der Waals surface area (Å²) in [7, 11) is 0. The number of alkyl halides is 3. The summed E-state index contributed by atoms with van der Waals surface area (Å²) in [5, 5.41) is 1.91. The maximum atomic E-state index is 14.9. The third kappa shape index (κ3) is 4.06. The Kier molecular flexibility index (Phi) is 6.13. The molecule has 3 aliphatic rings. The zero-order chi connectivity index (χ0) is 25.9. The molecule has 1 aromatic carbocycles. The third-order valence-electron chi connectivity index (χ3n) is 7.89. The van der Waals surface area contributed by atoms with E-state index in [4.69, 9.17) is 0 Å². The number of halogens is 4. The molecule has 1 aromatic rings. The number of amides is 2. The van der Waals surface area contributed by atoms with Crippen LogP contribution in [0.4, 0.5) is 17.6 Å². The lowest BCUT2D eigenvalue weighted by molar-refractivity contribution is -0.192. The van der Waals surface area contributed by atoms with Crippen molar-refractivity contribution in [3.8, 4) is 0 Å². The zero-order valence-electron chi connectivity index (χ0n) is 20.3. The van der Waals surface area contributed by atoms with Crippen molar-refractivity contribution in [2.24, 2.45) is 17.3 Å². The second-order valence-corrected chi connectivity index (χ2v) is 11.0. The van der Waals surface area contributed by atoms with Gasteiger partial charge >= 0.3 is 6.18 Å².